The van der Waals surface area contributed by atoms with E-state index in [1.165, 1.54) is 0 Å². The zero-order valence-corrected chi connectivity index (χ0v) is 10.5. The summed E-state index contributed by atoms with van der Waals surface area (Å²) < 4.78 is 0. The monoisotopic (exact) mass is 259 g/mol. The van der Waals surface area contributed by atoms with E-state index in [0.717, 1.165) is 38.8 Å². The summed E-state index contributed by atoms with van der Waals surface area (Å²) in [5.41, 5.74) is 0.324. The first-order chi connectivity index (χ1) is 7.77. The minimum Gasteiger partial charge on any atom is -0.387 e. The van der Waals surface area contributed by atoms with Crippen molar-refractivity contribution in [3.63, 3.8) is 0 Å². The van der Waals surface area contributed by atoms with Crippen molar-refractivity contribution in [2.24, 2.45) is 5.16 Å². The fraction of sp³-hybridized carbons (Fsp3) is 0.818. The topological polar surface area (TPSA) is 62.7 Å². The van der Waals surface area contributed by atoms with Crippen LogP contribution in [-0.2, 0) is 9.63 Å². The Kier molecular flexibility index (Phi) is 3.58. The number of halogens is 1. The molecule has 1 saturated carbocycles. The Labute approximate surface area is 107 Å². The van der Waals surface area contributed by atoms with E-state index in [1.54, 1.807) is 0 Å². The molecule has 1 atom stereocenters. The quantitative estimate of drug-likeness (QED) is 0.763. The van der Waals surface area contributed by atoms with E-state index in [9.17, 15) is 4.79 Å². The average Bonchev–Trinajstić information content (AvgIpc) is 3.01. The third-order valence-corrected chi connectivity index (χ3v) is 3.45. The molecular formula is C11H18ClN3O2. The second kappa shape index (κ2) is 4.82. The van der Waals surface area contributed by atoms with Gasteiger partial charge in [-0.05, 0) is 32.2 Å². The first-order valence-corrected chi connectivity index (χ1v) is 6.04. The van der Waals surface area contributed by atoms with Crippen LogP contribution in [0.4, 0.5) is 0 Å². The van der Waals surface area contributed by atoms with Gasteiger partial charge < -0.3 is 15.5 Å². The Balaban J connectivity index is 0.00000108. The first kappa shape index (κ1) is 12.6. The van der Waals surface area contributed by atoms with Crippen LogP contribution in [0, 0.1) is 0 Å². The molecule has 3 rings (SSSR count). The number of carbonyl (C=O) groups is 1. The summed E-state index contributed by atoms with van der Waals surface area (Å²) in [6.07, 6.45) is 4.94. The average molecular weight is 260 g/mol. The van der Waals surface area contributed by atoms with Crippen molar-refractivity contribution in [1.82, 2.24) is 10.6 Å². The molecule has 2 aliphatic heterocycles. The molecule has 0 bridgehead atoms. The Morgan fingerprint density at radius 1 is 1.53 bits per heavy atom. The summed E-state index contributed by atoms with van der Waals surface area (Å²) in [5.74, 6) is -0.0371. The number of hydrogen-bond acceptors (Lipinski definition) is 4. The van der Waals surface area contributed by atoms with Crippen molar-refractivity contribution in [2.45, 2.75) is 43.7 Å². The molecule has 5 nitrogen and oxygen atoms in total. The third kappa shape index (κ3) is 2.72. The summed E-state index contributed by atoms with van der Waals surface area (Å²) in [7, 11) is 0. The summed E-state index contributed by atoms with van der Waals surface area (Å²) in [6, 6.07) is 0.385. The Hall–Kier alpha value is -0.810. The second-order valence-corrected chi connectivity index (χ2v) is 5.02. The fourth-order valence-electron chi connectivity index (χ4n) is 2.31. The first-order valence-electron chi connectivity index (χ1n) is 6.04. The Morgan fingerprint density at radius 2 is 2.35 bits per heavy atom. The summed E-state index contributed by atoms with van der Waals surface area (Å²) in [4.78, 5) is 17.3. The number of amides is 1. The number of nitrogens with one attached hydrogen (secondary N) is 2. The number of hydrogen-bond donors (Lipinski definition) is 2. The third-order valence-electron chi connectivity index (χ3n) is 3.45. The molecule has 0 aromatic carbocycles. The second-order valence-electron chi connectivity index (χ2n) is 5.02. The number of rotatable bonds is 2. The van der Waals surface area contributed by atoms with Crippen LogP contribution in [0.5, 0.6) is 0 Å². The Morgan fingerprint density at radius 3 is 3.00 bits per heavy atom. The minimum absolute atomic E-state index is 0. The maximum absolute atomic E-state index is 11.8. The van der Waals surface area contributed by atoms with Crippen LogP contribution in [0.3, 0.4) is 0 Å². The maximum Gasteiger partial charge on any atom is 0.269 e. The molecule has 3 aliphatic rings. The van der Waals surface area contributed by atoms with Crippen molar-refractivity contribution in [1.29, 1.82) is 0 Å². The van der Waals surface area contributed by atoms with E-state index in [0.29, 0.717) is 18.2 Å². The Bertz CT molecular complexity index is 336. The summed E-state index contributed by atoms with van der Waals surface area (Å²) in [6.45, 7) is 1.84. The van der Waals surface area contributed by atoms with E-state index < -0.39 is 0 Å². The highest BCUT2D eigenvalue weighted by Crippen LogP contribution is 2.30. The number of oxime groups is 1. The van der Waals surface area contributed by atoms with Gasteiger partial charge in [-0.15, -0.1) is 12.4 Å². The predicted octanol–water partition coefficient (Wildman–Crippen LogP) is 0.585. The zero-order chi connectivity index (χ0) is 11.0. The number of nitrogens with zero attached hydrogens (tertiary/aromatic N) is 1. The molecule has 17 heavy (non-hydrogen) atoms. The van der Waals surface area contributed by atoms with Gasteiger partial charge in [-0.25, -0.2) is 0 Å². The smallest absolute Gasteiger partial charge is 0.269 e. The molecule has 1 amide bonds. The molecule has 1 saturated heterocycles. The van der Waals surface area contributed by atoms with Crippen LogP contribution < -0.4 is 10.6 Å². The molecule has 1 spiro atoms. The fourth-order valence-corrected chi connectivity index (χ4v) is 2.31. The molecule has 0 radical (unpaired) electrons. The highest BCUT2D eigenvalue weighted by Gasteiger charge is 2.42. The number of piperidine rings is 1. The van der Waals surface area contributed by atoms with Gasteiger partial charge in [0.05, 0.1) is 0 Å². The molecule has 0 aromatic rings. The molecule has 96 valence electrons. The van der Waals surface area contributed by atoms with E-state index in [2.05, 4.69) is 15.8 Å². The van der Waals surface area contributed by atoms with E-state index >= 15 is 0 Å². The molecule has 6 heteroatoms. The molecule has 1 aliphatic carbocycles. The number of carbonyl (C=O) groups excluding carboxylic acids is 1. The van der Waals surface area contributed by atoms with Crippen LogP contribution >= 0.6 is 12.4 Å². The van der Waals surface area contributed by atoms with Gasteiger partial charge >= 0.3 is 0 Å². The van der Waals surface area contributed by atoms with Gasteiger partial charge in [0.2, 0.25) is 0 Å². The van der Waals surface area contributed by atoms with Gasteiger partial charge in [-0.1, -0.05) is 5.16 Å². The summed E-state index contributed by atoms with van der Waals surface area (Å²) in [5, 5.41) is 10.2. The van der Waals surface area contributed by atoms with Crippen molar-refractivity contribution in [2.75, 3.05) is 13.1 Å². The van der Waals surface area contributed by atoms with Crippen molar-refractivity contribution in [3.05, 3.63) is 0 Å². The maximum atomic E-state index is 11.8. The van der Waals surface area contributed by atoms with Gasteiger partial charge in [-0.2, -0.15) is 0 Å². The van der Waals surface area contributed by atoms with Gasteiger partial charge in [0.25, 0.3) is 5.91 Å². The highest BCUT2D eigenvalue weighted by atomic mass is 35.5. The van der Waals surface area contributed by atoms with Crippen LogP contribution in [0.1, 0.15) is 32.1 Å². The lowest BCUT2D eigenvalue weighted by Crippen LogP contribution is -2.46. The molecule has 1 unspecified atom stereocenters. The molecule has 2 heterocycles. The molecule has 2 N–H and O–H groups in total. The van der Waals surface area contributed by atoms with E-state index in [1.807, 2.05) is 0 Å². The minimum atomic E-state index is -0.242. The molecular weight excluding hydrogens is 242 g/mol. The van der Waals surface area contributed by atoms with Gasteiger partial charge in [0, 0.05) is 19.0 Å². The lowest BCUT2D eigenvalue weighted by molar-refractivity contribution is -0.115. The standard InChI is InChI=1S/C11H17N3O2.ClH/c15-10(13-8-2-3-8)9-6-11(16-14-9)4-1-5-12-7-11;/h8,12H,1-7H2,(H,13,15);1H. The van der Waals surface area contributed by atoms with Crippen LogP contribution in [0.25, 0.3) is 0 Å². The van der Waals surface area contributed by atoms with E-state index in [4.69, 9.17) is 4.84 Å². The van der Waals surface area contributed by atoms with Crippen LogP contribution in [0.2, 0.25) is 0 Å². The highest BCUT2D eigenvalue weighted by molar-refractivity contribution is 6.39. The normalized spacial score (nSPS) is 31.4. The van der Waals surface area contributed by atoms with Gasteiger partial charge in [-0.3, -0.25) is 4.79 Å². The van der Waals surface area contributed by atoms with Gasteiger partial charge in [0.15, 0.2) is 5.60 Å². The largest absolute Gasteiger partial charge is 0.387 e. The zero-order valence-electron chi connectivity index (χ0n) is 9.70. The summed E-state index contributed by atoms with van der Waals surface area (Å²) >= 11 is 0. The molecule has 0 aromatic heterocycles. The predicted molar refractivity (Wildman–Crippen MR) is 66.4 cm³/mol. The SMILES string of the molecule is Cl.O=C(NC1CC1)C1=NOC2(CCCNC2)C1. The lowest BCUT2D eigenvalue weighted by atomic mass is 9.89. The van der Waals surface area contributed by atoms with Crippen molar-refractivity contribution < 1.29 is 9.63 Å². The van der Waals surface area contributed by atoms with Gasteiger partial charge in [0.1, 0.15) is 5.71 Å². The molecule has 2 fully saturated rings. The van der Waals surface area contributed by atoms with Crippen molar-refractivity contribution in [3.8, 4) is 0 Å². The van der Waals surface area contributed by atoms with Crippen LogP contribution in [0.15, 0.2) is 5.16 Å². The lowest BCUT2D eigenvalue weighted by Gasteiger charge is -2.30. The van der Waals surface area contributed by atoms with Crippen LogP contribution in [-0.4, -0.2) is 36.4 Å². The van der Waals surface area contributed by atoms with E-state index in [-0.39, 0.29) is 23.9 Å². The van der Waals surface area contributed by atoms with Crippen molar-refractivity contribution >= 4 is 24.0 Å².